The Kier molecular flexibility index (Phi) is 5.48. The predicted octanol–water partition coefficient (Wildman–Crippen LogP) is 4.70. The number of piperidine rings is 1. The van der Waals surface area contributed by atoms with Crippen LogP contribution in [0.15, 0.2) is 42.5 Å². The first-order valence-electron chi connectivity index (χ1n) is 10.9. The van der Waals surface area contributed by atoms with E-state index in [1.54, 1.807) is 7.11 Å². The van der Waals surface area contributed by atoms with Crippen LogP contribution in [-0.4, -0.2) is 41.1 Å². The third-order valence-corrected chi connectivity index (χ3v) is 7.29. The Balaban J connectivity index is 0.00000216. The largest absolute Gasteiger partial charge is 0.381 e. The number of hydrogen-bond acceptors (Lipinski definition) is 5. The number of rotatable bonds is 2. The summed E-state index contributed by atoms with van der Waals surface area (Å²) >= 11 is 6.32. The van der Waals surface area contributed by atoms with Gasteiger partial charge in [-0.3, -0.25) is 4.57 Å². The fourth-order valence-corrected chi connectivity index (χ4v) is 5.57. The van der Waals surface area contributed by atoms with E-state index in [1.165, 1.54) is 16.7 Å². The Morgan fingerprint density at radius 1 is 1.06 bits per heavy atom. The fraction of sp³-hybridized carbons (Fsp3) is 0.440. The van der Waals surface area contributed by atoms with E-state index in [1.807, 2.05) is 12.1 Å². The number of nitrogens with zero attached hydrogens (tertiary/aromatic N) is 4. The van der Waals surface area contributed by atoms with Crippen LogP contribution in [0.3, 0.4) is 0 Å². The third kappa shape index (κ3) is 3.33. The molecule has 1 atom stereocenters. The molecule has 2 aromatic carbocycles. The van der Waals surface area contributed by atoms with Crippen LogP contribution in [-0.2, 0) is 34.5 Å². The van der Waals surface area contributed by atoms with Gasteiger partial charge >= 0.3 is 0 Å². The van der Waals surface area contributed by atoms with E-state index in [0.717, 1.165) is 61.3 Å². The van der Waals surface area contributed by atoms with Crippen molar-refractivity contribution in [1.29, 1.82) is 0 Å². The zero-order valence-electron chi connectivity index (χ0n) is 17.6. The molecule has 1 aromatic heterocycles. The van der Waals surface area contributed by atoms with Crippen molar-refractivity contribution >= 4 is 17.5 Å². The van der Waals surface area contributed by atoms with Gasteiger partial charge in [0.25, 0.3) is 0 Å². The number of methoxy groups -OCH3 is 1. The number of anilines is 1. The number of aromatic nitrogens is 3. The molecule has 168 valence electrons. The van der Waals surface area contributed by atoms with E-state index in [9.17, 15) is 0 Å². The summed E-state index contributed by atoms with van der Waals surface area (Å²) in [7, 11) is 1.76. The topological polar surface area (TPSA) is 52.4 Å². The molecule has 0 amide bonds. The van der Waals surface area contributed by atoms with Gasteiger partial charge in [-0.15, -0.1) is 10.2 Å². The van der Waals surface area contributed by atoms with Gasteiger partial charge in [0.2, 0.25) is 5.95 Å². The van der Waals surface area contributed by atoms with Gasteiger partial charge < -0.3 is 14.4 Å². The Labute approximate surface area is 194 Å². The molecule has 1 saturated heterocycles. The molecule has 32 heavy (non-hydrogen) atoms. The monoisotopic (exact) mass is 452 g/mol. The zero-order chi connectivity index (χ0) is 21.0. The second kappa shape index (κ2) is 8.18. The maximum absolute atomic E-state index is 6.35. The zero-order valence-corrected chi connectivity index (χ0v) is 18.3. The molecule has 1 unspecified atom stereocenters. The summed E-state index contributed by atoms with van der Waals surface area (Å²) in [5.41, 5.74) is 4.78. The first-order valence-corrected chi connectivity index (χ1v) is 11.3. The molecular formula is C25H29ClN4O2. The lowest BCUT2D eigenvalue weighted by atomic mass is 9.84. The summed E-state index contributed by atoms with van der Waals surface area (Å²) in [4.78, 5) is 2.34. The highest BCUT2D eigenvalue weighted by Gasteiger charge is 2.43. The molecule has 3 aliphatic rings. The number of ether oxygens (including phenoxy) is 2. The number of fused-ring (bicyclic) bond motifs is 5. The molecule has 4 heterocycles. The molecule has 1 spiro atoms. The molecule has 3 aliphatic heterocycles. The molecule has 6 rings (SSSR count). The quantitative estimate of drug-likeness (QED) is 0.564. The number of benzene rings is 2. The second-order valence-corrected chi connectivity index (χ2v) is 9.15. The lowest BCUT2D eigenvalue weighted by molar-refractivity contribution is -0.0553. The summed E-state index contributed by atoms with van der Waals surface area (Å²) in [6, 6.07) is 14.7. The van der Waals surface area contributed by atoms with E-state index in [4.69, 9.17) is 21.1 Å². The van der Waals surface area contributed by atoms with Crippen LogP contribution in [0.1, 0.15) is 42.8 Å². The third-order valence-electron chi connectivity index (χ3n) is 7.05. The maximum atomic E-state index is 6.35. The average Bonchev–Trinajstić information content (AvgIpc) is 3.32. The first-order chi connectivity index (χ1) is 15.2. The predicted molar refractivity (Wildman–Crippen MR) is 126 cm³/mol. The van der Waals surface area contributed by atoms with Crippen LogP contribution in [0.5, 0.6) is 0 Å². The fourth-order valence-electron chi connectivity index (χ4n) is 5.38. The van der Waals surface area contributed by atoms with E-state index >= 15 is 0 Å². The van der Waals surface area contributed by atoms with E-state index in [2.05, 4.69) is 50.0 Å². The average molecular weight is 453 g/mol. The minimum Gasteiger partial charge on any atom is -0.381 e. The molecule has 0 N–H and O–H groups in total. The van der Waals surface area contributed by atoms with Crippen molar-refractivity contribution in [3.8, 4) is 5.69 Å². The Morgan fingerprint density at radius 3 is 2.69 bits per heavy atom. The molecular weight excluding hydrogens is 424 g/mol. The summed E-state index contributed by atoms with van der Waals surface area (Å²) in [5.74, 6) is 1.84. The molecule has 0 saturated carbocycles. The van der Waals surface area contributed by atoms with Gasteiger partial charge in [-0.1, -0.05) is 43.3 Å². The van der Waals surface area contributed by atoms with Crippen molar-refractivity contribution in [3.63, 3.8) is 0 Å². The highest BCUT2D eigenvalue weighted by atomic mass is 35.5. The lowest BCUT2D eigenvalue weighted by Crippen LogP contribution is -2.43. The molecule has 1 fully saturated rings. The molecule has 0 aliphatic carbocycles. The highest BCUT2D eigenvalue weighted by Crippen LogP contribution is 2.44. The van der Waals surface area contributed by atoms with Gasteiger partial charge in [0.05, 0.1) is 24.0 Å². The van der Waals surface area contributed by atoms with Crippen LogP contribution in [0.4, 0.5) is 5.95 Å². The van der Waals surface area contributed by atoms with Crippen molar-refractivity contribution < 1.29 is 9.47 Å². The summed E-state index contributed by atoms with van der Waals surface area (Å²) in [6.07, 6.45) is 3.48. The number of halogens is 1. The van der Waals surface area contributed by atoms with Gasteiger partial charge in [0.15, 0.2) is 0 Å². The smallest absolute Gasteiger partial charge is 0.231 e. The molecule has 0 radical (unpaired) electrons. The van der Waals surface area contributed by atoms with Crippen LogP contribution >= 0.6 is 11.6 Å². The van der Waals surface area contributed by atoms with E-state index in [0.29, 0.717) is 6.61 Å². The standard InChI is InChI=1S/C24H25ClN4O2.CH4/c1-30-19-13-17-12-18(25)6-7-21(17)29-22(14-19)26-27-23(29)28-10-8-24(9-11-28)20-5-3-2-4-16(20)15-31-24;/h2-7,12,19H,8-11,13-15H2,1H3;1H4. The lowest BCUT2D eigenvalue weighted by Gasteiger charge is -2.39. The first kappa shape index (κ1) is 21.4. The van der Waals surface area contributed by atoms with Gasteiger partial charge in [0.1, 0.15) is 5.82 Å². The summed E-state index contributed by atoms with van der Waals surface area (Å²) in [6.45, 7) is 2.47. The maximum Gasteiger partial charge on any atom is 0.231 e. The van der Waals surface area contributed by atoms with Crippen molar-refractivity contribution in [1.82, 2.24) is 14.8 Å². The molecule has 6 nitrogen and oxygen atoms in total. The Bertz CT molecular complexity index is 1140. The second-order valence-electron chi connectivity index (χ2n) is 8.72. The van der Waals surface area contributed by atoms with Gasteiger partial charge in [-0.05, 0) is 47.7 Å². The van der Waals surface area contributed by atoms with Crippen LogP contribution in [0.25, 0.3) is 5.69 Å². The number of hydrogen-bond donors (Lipinski definition) is 0. The van der Waals surface area contributed by atoms with Gasteiger partial charge in [0, 0.05) is 38.1 Å². The highest BCUT2D eigenvalue weighted by molar-refractivity contribution is 6.30. The minimum atomic E-state index is -0.165. The normalized spacial score (nSPS) is 20.8. The van der Waals surface area contributed by atoms with Gasteiger partial charge in [-0.25, -0.2) is 0 Å². The molecule has 3 aromatic rings. The van der Waals surface area contributed by atoms with E-state index < -0.39 is 0 Å². The van der Waals surface area contributed by atoms with E-state index in [-0.39, 0.29) is 19.1 Å². The van der Waals surface area contributed by atoms with Crippen molar-refractivity contribution in [2.75, 3.05) is 25.1 Å². The van der Waals surface area contributed by atoms with Gasteiger partial charge in [-0.2, -0.15) is 0 Å². The Morgan fingerprint density at radius 2 is 1.88 bits per heavy atom. The molecule has 0 bridgehead atoms. The summed E-state index contributed by atoms with van der Waals surface area (Å²) < 4.78 is 14.3. The Hall–Kier alpha value is -2.41. The molecule has 7 heteroatoms. The minimum absolute atomic E-state index is 0. The summed E-state index contributed by atoms with van der Waals surface area (Å²) in [5, 5.41) is 9.92. The van der Waals surface area contributed by atoms with Crippen LogP contribution in [0.2, 0.25) is 5.02 Å². The van der Waals surface area contributed by atoms with Crippen molar-refractivity contribution in [2.45, 2.75) is 51.4 Å². The van der Waals surface area contributed by atoms with Crippen molar-refractivity contribution in [3.05, 3.63) is 70.0 Å². The van der Waals surface area contributed by atoms with Crippen LogP contribution < -0.4 is 4.90 Å². The SMILES string of the molecule is C.COC1Cc2cc(Cl)ccc2-n2c(nnc2N2CCC3(CC2)OCc2ccccc23)C1. The van der Waals surface area contributed by atoms with Crippen molar-refractivity contribution in [2.24, 2.45) is 0 Å². The van der Waals surface area contributed by atoms with Crippen LogP contribution in [0, 0.1) is 0 Å².